The number of aromatic nitrogens is 2. The van der Waals surface area contributed by atoms with Crippen molar-refractivity contribution in [3.05, 3.63) is 70.8 Å². The van der Waals surface area contributed by atoms with Gasteiger partial charge in [-0.05, 0) is 23.4 Å². The summed E-state index contributed by atoms with van der Waals surface area (Å²) in [6.07, 6.45) is 4.09. The fraction of sp³-hybridized carbons (Fsp3) is 0.211. The lowest BCUT2D eigenvalue weighted by Crippen LogP contribution is -2.29. The molecule has 4 nitrogen and oxygen atoms in total. The molecule has 1 atom stereocenters. The van der Waals surface area contributed by atoms with Crippen molar-refractivity contribution in [1.82, 2.24) is 15.3 Å². The molecule has 1 amide bonds. The lowest BCUT2D eigenvalue weighted by molar-refractivity contribution is -0.122. The average Bonchev–Trinajstić information content (AvgIpc) is 3.16. The summed E-state index contributed by atoms with van der Waals surface area (Å²) >= 11 is 1.62. The average molecular weight is 337 g/mol. The number of carbonyl (C=O) groups excluding carboxylic acids is 1. The molecule has 0 saturated carbocycles. The largest absolute Gasteiger partial charge is 0.350 e. The monoisotopic (exact) mass is 337 g/mol. The first-order valence-corrected chi connectivity index (χ1v) is 8.89. The summed E-state index contributed by atoms with van der Waals surface area (Å²) in [4.78, 5) is 21.4. The SMILES string of the molecule is CC[C@@H](C(=O)NCc1nccnc1-c1ccsc1)c1ccccc1. The zero-order valence-electron chi connectivity index (χ0n) is 13.5. The Morgan fingerprint density at radius 3 is 2.67 bits per heavy atom. The Balaban J connectivity index is 1.73. The minimum atomic E-state index is -0.146. The van der Waals surface area contributed by atoms with Crippen molar-refractivity contribution in [2.24, 2.45) is 0 Å². The van der Waals surface area contributed by atoms with Crippen LogP contribution in [0.5, 0.6) is 0 Å². The molecular formula is C19H19N3OS. The molecule has 0 aliphatic rings. The first-order chi connectivity index (χ1) is 11.8. The first-order valence-electron chi connectivity index (χ1n) is 7.94. The maximum atomic E-state index is 12.6. The fourth-order valence-electron chi connectivity index (χ4n) is 2.69. The normalized spacial score (nSPS) is 11.9. The molecule has 0 aliphatic carbocycles. The fourth-order valence-corrected chi connectivity index (χ4v) is 3.33. The Labute approximate surface area is 145 Å². The van der Waals surface area contributed by atoms with Gasteiger partial charge in [-0.1, -0.05) is 37.3 Å². The van der Waals surface area contributed by atoms with E-state index in [1.54, 1.807) is 23.7 Å². The molecule has 3 rings (SSSR count). The van der Waals surface area contributed by atoms with E-state index in [9.17, 15) is 4.79 Å². The molecule has 122 valence electrons. The Hall–Kier alpha value is -2.53. The molecule has 0 fully saturated rings. The number of nitrogens with zero attached hydrogens (tertiary/aromatic N) is 2. The quantitative estimate of drug-likeness (QED) is 0.739. The maximum Gasteiger partial charge on any atom is 0.227 e. The number of nitrogens with one attached hydrogen (secondary N) is 1. The summed E-state index contributed by atoms with van der Waals surface area (Å²) < 4.78 is 0. The molecular weight excluding hydrogens is 318 g/mol. The molecule has 2 aromatic heterocycles. The van der Waals surface area contributed by atoms with Crippen LogP contribution in [-0.2, 0) is 11.3 Å². The standard InChI is InChI=1S/C19H19N3OS/c1-2-16(14-6-4-3-5-7-14)19(23)22-12-17-18(21-10-9-20-17)15-8-11-24-13-15/h3-11,13,16H,2,12H2,1H3,(H,22,23)/t16-/m1/s1. The van der Waals surface area contributed by atoms with E-state index in [-0.39, 0.29) is 11.8 Å². The first kappa shape index (κ1) is 16.3. The predicted octanol–water partition coefficient (Wildman–Crippen LogP) is 4.02. The van der Waals surface area contributed by atoms with Gasteiger partial charge in [0.05, 0.1) is 23.9 Å². The second kappa shape index (κ2) is 7.84. The molecule has 24 heavy (non-hydrogen) atoms. The van der Waals surface area contributed by atoms with Crippen LogP contribution in [0.2, 0.25) is 0 Å². The predicted molar refractivity (Wildman–Crippen MR) is 96.7 cm³/mol. The van der Waals surface area contributed by atoms with Gasteiger partial charge in [-0.25, -0.2) is 0 Å². The topological polar surface area (TPSA) is 54.9 Å². The van der Waals surface area contributed by atoms with Crippen LogP contribution in [0.4, 0.5) is 0 Å². The van der Waals surface area contributed by atoms with Crippen molar-refractivity contribution in [3.63, 3.8) is 0 Å². The third-order valence-corrected chi connectivity index (χ3v) is 4.61. The lowest BCUT2D eigenvalue weighted by Gasteiger charge is -2.15. The van der Waals surface area contributed by atoms with E-state index >= 15 is 0 Å². The van der Waals surface area contributed by atoms with Crippen LogP contribution in [0.15, 0.2) is 59.6 Å². The van der Waals surface area contributed by atoms with E-state index in [0.29, 0.717) is 6.54 Å². The molecule has 0 aliphatic heterocycles. The number of rotatable bonds is 6. The molecule has 2 heterocycles. The van der Waals surface area contributed by atoms with Crippen LogP contribution < -0.4 is 5.32 Å². The van der Waals surface area contributed by atoms with Crippen LogP contribution in [0.1, 0.15) is 30.5 Å². The zero-order chi connectivity index (χ0) is 16.8. The van der Waals surface area contributed by atoms with Gasteiger partial charge in [0.15, 0.2) is 0 Å². The summed E-state index contributed by atoms with van der Waals surface area (Å²) in [6, 6.07) is 11.9. The molecule has 0 bridgehead atoms. The maximum absolute atomic E-state index is 12.6. The van der Waals surface area contributed by atoms with Gasteiger partial charge in [0.2, 0.25) is 5.91 Å². The van der Waals surface area contributed by atoms with Gasteiger partial charge in [-0.2, -0.15) is 11.3 Å². The van der Waals surface area contributed by atoms with E-state index in [0.717, 1.165) is 28.9 Å². The van der Waals surface area contributed by atoms with Crippen LogP contribution >= 0.6 is 11.3 Å². The van der Waals surface area contributed by atoms with E-state index in [1.807, 2.05) is 54.1 Å². The summed E-state index contributed by atoms with van der Waals surface area (Å²) in [6.45, 7) is 2.40. The van der Waals surface area contributed by atoms with E-state index < -0.39 is 0 Å². The van der Waals surface area contributed by atoms with Crippen molar-refractivity contribution in [2.75, 3.05) is 0 Å². The number of benzene rings is 1. The molecule has 1 N–H and O–H groups in total. The van der Waals surface area contributed by atoms with Gasteiger partial charge in [0.1, 0.15) is 0 Å². The second-order valence-electron chi connectivity index (χ2n) is 5.45. The molecule has 5 heteroatoms. The van der Waals surface area contributed by atoms with Crippen LogP contribution in [0, 0.1) is 0 Å². The molecule has 3 aromatic rings. The van der Waals surface area contributed by atoms with Gasteiger partial charge in [-0.15, -0.1) is 0 Å². The van der Waals surface area contributed by atoms with E-state index in [4.69, 9.17) is 0 Å². The van der Waals surface area contributed by atoms with Crippen molar-refractivity contribution in [3.8, 4) is 11.3 Å². The molecule has 0 saturated heterocycles. The lowest BCUT2D eigenvalue weighted by atomic mass is 9.95. The van der Waals surface area contributed by atoms with Crippen LogP contribution in [0.3, 0.4) is 0 Å². The second-order valence-corrected chi connectivity index (χ2v) is 6.23. The highest BCUT2D eigenvalue weighted by molar-refractivity contribution is 7.08. The van der Waals surface area contributed by atoms with Crippen molar-refractivity contribution < 1.29 is 4.79 Å². The number of hydrogen-bond donors (Lipinski definition) is 1. The van der Waals surface area contributed by atoms with Gasteiger partial charge in [0.25, 0.3) is 0 Å². The Morgan fingerprint density at radius 2 is 1.96 bits per heavy atom. The summed E-state index contributed by atoms with van der Waals surface area (Å²) in [5.41, 5.74) is 3.68. The Morgan fingerprint density at radius 1 is 1.17 bits per heavy atom. The smallest absolute Gasteiger partial charge is 0.227 e. The molecule has 0 spiro atoms. The summed E-state index contributed by atoms with van der Waals surface area (Å²) in [5, 5.41) is 7.06. The minimum Gasteiger partial charge on any atom is -0.350 e. The van der Waals surface area contributed by atoms with Gasteiger partial charge >= 0.3 is 0 Å². The Kier molecular flexibility index (Phi) is 5.33. The van der Waals surface area contributed by atoms with Crippen molar-refractivity contribution >= 4 is 17.2 Å². The van der Waals surface area contributed by atoms with E-state index in [2.05, 4.69) is 15.3 Å². The molecule has 0 radical (unpaired) electrons. The highest BCUT2D eigenvalue weighted by Gasteiger charge is 2.19. The van der Waals surface area contributed by atoms with Crippen LogP contribution in [0.25, 0.3) is 11.3 Å². The third-order valence-electron chi connectivity index (χ3n) is 3.93. The number of hydrogen-bond acceptors (Lipinski definition) is 4. The molecule has 0 unspecified atom stereocenters. The number of carbonyl (C=O) groups is 1. The van der Waals surface area contributed by atoms with Crippen molar-refractivity contribution in [1.29, 1.82) is 0 Å². The summed E-state index contributed by atoms with van der Waals surface area (Å²) in [5.74, 6) is -0.127. The van der Waals surface area contributed by atoms with Gasteiger partial charge in [-0.3, -0.25) is 14.8 Å². The van der Waals surface area contributed by atoms with Crippen LogP contribution in [-0.4, -0.2) is 15.9 Å². The highest BCUT2D eigenvalue weighted by Crippen LogP contribution is 2.23. The van der Waals surface area contributed by atoms with E-state index in [1.165, 1.54) is 0 Å². The minimum absolute atomic E-state index is 0.0191. The van der Waals surface area contributed by atoms with Gasteiger partial charge < -0.3 is 5.32 Å². The summed E-state index contributed by atoms with van der Waals surface area (Å²) in [7, 11) is 0. The number of thiophene rings is 1. The highest BCUT2D eigenvalue weighted by atomic mass is 32.1. The van der Waals surface area contributed by atoms with Gasteiger partial charge in [0, 0.05) is 23.3 Å². The number of amides is 1. The molecule has 1 aromatic carbocycles. The van der Waals surface area contributed by atoms with Crippen molar-refractivity contribution in [2.45, 2.75) is 25.8 Å². The zero-order valence-corrected chi connectivity index (χ0v) is 14.3. The third kappa shape index (κ3) is 3.68. The Bertz CT molecular complexity index is 787.